The number of piperazine rings is 1. The molecule has 1 aromatic carbocycles. The molecule has 1 atom stereocenters. The third-order valence-corrected chi connectivity index (χ3v) is 4.92. The summed E-state index contributed by atoms with van der Waals surface area (Å²) in [6.45, 7) is 6.31. The molecule has 22 heavy (non-hydrogen) atoms. The number of carbonyl (C=O) groups is 1. The van der Waals surface area contributed by atoms with Gasteiger partial charge in [-0.2, -0.15) is 0 Å². The largest absolute Gasteiger partial charge is 0.493 e. The Morgan fingerprint density at radius 3 is 2.73 bits per heavy atom. The van der Waals surface area contributed by atoms with Crippen LogP contribution in [0.1, 0.15) is 17.5 Å². The molecule has 0 saturated carbocycles. The van der Waals surface area contributed by atoms with Crippen LogP contribution in [0.4, 0.5) is 0 Å². The topological polar surface area (TPSA) is 42.0 Å². The summed E-state index contributed by atoms with van der Waals surface area (Å²) in [7, 11) is 0. The number of esters is 1. The second-order valence-corrected chi connectivity index (χ2v) is 6.32. The third-order valence-electron chi connectivity index (χ3n) is 4.92. The van der Waals surface area contributed by atoms with E-state index in [4.69, 9.17) is 9.47 Å². The molecule has 5 heteroatoms. The number of nitrogens with zero attached hydrogens (tertiary/aromatic N) is 2. The van der Waals surface area contributed by atoms with Gasteiger partial charge in [-0.25, -0.2) is 0 Å². The van der Waals surface area contributed by atoms with E-state index in [1.165, 1.54) is 11.1 Å². The van der Waals surface area contributed by atoms with Crippen LogP contribution >= 0.6 is 0 Å². The number of ether oxygens (including phenoxy) is 2. The van der Waals surface area contributed by atoms with Crippen LogP contribution < -0.4 is 4.74 Å². The van der Waals surface area contributed by atoms with Gasteiger partial charge in [0.05, 0.1) is 13.2 Å². The van der Waals surface area contributed by atoms with Crippen LogP contribution in [0, 0.1) is 0 Å². The van der Waals surface area contributed by atoms with Gasteiger partial charge in [-0.15, -0.1) is 0 Å². The van der Waals surface area contributed by atoms with Crippen molar-refractivity contribution in [3.05, 3.63) is 29.3 Å². The molecule has 2 saturated heterocycles. The highest BCUT2D eigenvalue weighted by molar-refractivity contribution is 5.77. The van der Waals surface area contributed by atoms with E-state index in [-0.39, 0.29) is 12.0 Å². The quantitative estimate of drug-likeness (QED) is 0.781. The molecule has 3 aliphatic heterocycles. The van der Waals surface area contributed by atoms with Gasteiger partial charge in [-0.1, -0.05) is 12.1 Å². The molecule has 118 valence electrons. The Morgan fingerprint density at radius 2 is 1.95 bits per heavy atom. The van der Waals surface area contributed by atoms with Crippen molar-refractivity contribution in [3.8, 4) is 5.75 Å². The minimum atomic E-state index is -0.0351. The first kappa shape index (κ1) is 14.0. The van der Waals surface area contributed by atoms with Gasteiger partial charge in [0, 0.05) is 45.6 Å². The third kappa shape index (κ3) is 2.71. The smallest absolute Gasteiger partial charge is 0.323 e. The average Bonchev–Trinajstić information content (AvgIpc) is 3.16. The van der Waals surface area contributed by atoms with Crippen molar-refractivity contribution >= 4 is 5.97 Å². The zero-order valence-corrected chi connectivity index (χ0v) is 12.8. The lowest BCUT2D eigenvalue weighted by Gasteiger charge is -2.36. The molecular formula is C17H22N2O3. The highest BCUT2D eigenvalue weighted by Crippen LogP contribution is 2.26. The van der Waals surface area contributed by atoms with Crippen LogP contribution in [0.15, 0.2) is 18.2 Å². The van der Waals surface area contributed by atoms with Crippen LogP contribution in [0.5, 0.6) is 5.75 Å². The van der Waals surface area contributed by atoms with Crippen molar-refractivity contribution in [2.45, 2.75) is 25.4 Å². The molecule has 0 radical (unpaired) electrons. The van der Waals surface area contributed by atoms with Gasteiger partial charge in [0.25, 0.3) is 0 Å². The highest BCUT2D eigenvalue weighted by Gasteiger charge is 2.33. The monoisotopic (exact) mass is 302 g/mol. The lowest BCUT2D eigenvalue weighted by Crippen LogP contribution is -2.51. The lowest BCUT2D eigenvalue weighted by atomic mass is 10.1. The van der Waals surface area contributed by atoms with Gasteiger partial charge in [0.2, 0.25) is 0 Å². The van der Waals surface area contributed by atoms with Gasteiger partial charge < -0.3 is 9.47 Å². The predicted octanol–water partition coefficient (Wildman–Crippen LogP) is 1.05. The Hall–Kier alpha value is -1.59. The highest BCUT2D eigenvalue weighted by atomic mass is 16.5. The maximum Gasteiger partial charge on any atom is 0.323 e. The molecule has 3 aliphatic rings. The predicted molar refractivity (Wildman–Crippen MR) is 81.9 cm³/mol. The first-order valence-corrected chi connectivity index (χ1v) is 8.17. The fraction of sp³-hybridized carbons (Fsp3) is 0.588. The number of fused-ring (bicyclic) bond motifs is 1. The van der Waals surface area contributed by atoms with E-state index in [0.717, 1.165) is 57.9 Å². The average molecular weight is 302 g/mol. The minimum absolute atomic E-state index is 0.000654. The lowest BCUT2D eigenvalue weighted by molar-refractivity contribution is -0.142. The van der Waals surface area contributed by atoms with Crippen LogP contribution in [-0.4, -0.2) is 61.2 Å². The normalized spacial score (nSPS) is 25.8. The fourth-order valence-electron chi connectivity index (χ4n) is 3.65. The fourth-order valence-corrected chi connectivity index (χ4v) is 3.65. The summed E-state index contributed by atoms with van der Waals surface area (Å²) < 4.78 is 10.6. The summed E-state index contributed by atoms with van der Waals surface area (Å²) in [6, 6.07) is 6.55. The molecule has 0 aromatic heterocycles. The van der Waals surface area contributed by atoms with Gasteiger partial charge in [0.1, 0.15) is 11.8 Å². The Labute approximate surface area is 130 Å². The van der Waals surface area contributed by atoms with Crippen LogP contribution in [0.2, 0.25) is 0 Å². The van der Waals surface area contributed by atoms with Crippen molar-refractivity contribution in [2.75, 3.05) is 39.4 Å². The molecule has 0 bridgehead atoms. The molecule has 5 nitrogen and oxygen atoms in total. The maximum atomic E-state index is 11.7. The Bertz CT molecular complexity index is 567. The number of benzene rings is 1. The van der Waals surface area contributed by atoms with Gasteiger partial charge >= 0.3 is 5.97 Å². The molecular weight excluding hydrogens is 280 g/mol. The summed E-state index contributed by atoms with van der Waals surface area (Å²) in [6.07, 6.45) is 1.88. The second-order valence-electron chi connectivity index (χ2n) is 6.32. The Morgan fingerprint density at radius 1 is 1.09 bits per heavy atom. The van der Waals surface area contributed by atoms with E-state index < -0.39 is 0 Å². The number of hydrogen-bond acceptors (Lipinski definition) is 5. The summed E-state index contributed by atoms with van der Waals surface area (Å²) in [5, 5.41) is 0. The van der Waals surface area contributed by atoms with Crippen LogP contribution in [0.3, 0.4) is 0 Å². The van der Waals surface area contributed by atoms with E-state index in [0.29, 0.717) is 6.61 Å². The molecule has 1 aromatic rings. The minimum Gasteiger partial charge on any atom is -0.493 e. The summed E-state index contributed by atoms with van der Waals surface area (Å²) in [5.41, 5.74) is 2.70. The van der Waals surface area contributed by atoms with Crippen molar-refractivity contribution < 1.29 is 14.3 Å². The molecule has 0 N–H and O–H groups in total. The van der Waals surface area contributed by atoms with Crippen LogP contribution in [-0.2, 0) is 22.5 Å². The standard InChI is InChI=1S/C17H22N2O3/c20-17-15(4-10-22-17)19-7-5-18(6-8-19)12-13-1-2-16-14(11-13)3-9-21-16/h1-2,11,15H,3-10,12H2/t15-/m1/s1. The van der Waals surface area contributed by atoms with E-state index in [2.05, 4.69) is 28.0 Å². The maximum absolute atomic E-state index is 11.7. The van der Waals surface area contributed by atoms with Crippen molar-refractivity contribution in [2.24, 2.45) is 0 Å². The van der Waals surface area contributed by atoms with E-state index in [1.54, 1.807) is 0 Å². The number of rotatable bonds is 3. The van der Waals surface area contributed by atoms with Crippen LogP contribution in [0.25, 0.3) is 0 Å². The molecule has 0 amide bonds. The van der Waals surface area contributed by atoms with Gasteiger partial charge in [0.15, 0.2) is 0 Å². The van der Waals surface area contributed by atoms with Crippen molar-refractivity contribution in [1.82, 2.24) is 9.80 Å². The molecule has 0 aliphatic carbocycles. The number of carbonyl (C=O) groups excluding carboxylic acids is 1. The zero-order chi connectivity index (χ0) is 14.9. The molecule has 4 rings (SSSR count). The summed E-state index contributed by atoms with van der Waals surface area (Å²) >= 11 is 0. The zero-order valence-electron chi connectivity index (χ0n) is 12.8. The van der Waals surface area contributed by atoms with E-state index in [9.17, 15) is 4.79 Å². The van der Waals surface area contributed by atoms with Gasteiger partial charge in [-0.05, 0) is 17.2 Å². The molecule has 3 heterocycles. The summed E-state index contributed by atoms with van der Waals surface area (Å²) in [5.74, 6) is 1.01. The second kappa shape index (κ2) is 5.89. The summed E-state index contributed by atoms with van der Waals surface area (Å²) in [4.78, 5) is 16.4. The number of cyclic esters (lactones) is 1. The van der Waals surface area contributed by atoms with E-state index in [1.807, 2.05) is 0 Å². The first-order valence-electron chi connectivity index (χ1n) is 8.17. The van der Waals surface area contributed by atoms with Gasteiger partial charge in [-0.3, -0.25) is 14.6 Å². The first-order chi connectivity index (χ1) is 10.8. The van der Waals surface area contributed by atoms with Crippen molar-refractivity contribution in [1.29, 1.82) is 0 Å². The Kier molecular flexibility index (Phi) is 3.76. The number of hydrogen-bond donors (Lipinski definition) is 0. The molecule has 2 fully saturated rings. The molecule has 0 unspecified atom stereocenters. The van der Waals surface area contributed by atoms with Crippen molar-refractivity contribution in [3.63, 3.8) is 0 Å². The Balaban J connectivity index is 1.33. The molecule has 0 spiro atoms. The SMILES string of the molecule is O=C1OCC[C@H]1N1CCN(Cc2ccc3c(c2)CCO3)CC1. The van der Waals surface area contributed by atoms with E-state index >= 15 is 0 Å².